The highest BCUT2D eigenvalue weighted by molar-refractivity contribution is 5.85. The van der Waals surface area contributed by atoms with Crippen molar-refractivity contribution in [2.45, 2.75) is 18.9 Å². The molecule has 0 unspecified atom stereocenters. The summed E-state index contributed by atoms with van der Waals surface area (Å²) in [6, 6.07) is 5.59. The van der Waals surface area contributed by atoms with Crippen LogP contribution in [0.3, 0.4) is 0 Å². The number of allylic oxidation sites excluding steroid dienone is 1. The monoisotopic (exact) mass is 257 g/mol. The third kappa shape index (κ3) is 3.95. The minimum Gasteiger partial charge on any atom is -0.496 e. The van der Waals surface area contributed by atoms with Gasteiger partial charge >= 0.3 is 0 Å². The van der Waals surface area contributed by atoms with E-state index in [-0.39, 0.29) is 18.4 Å². The Morgan fingerprint density at radius 1 is 1.29 bits per heavy atom. The molecule has 0 fully saturated rings. The molecule has 0 aliphatic rings. The number of benzene rings is 1. The number of methoxy groups -OCH3 is 2. The van der Waals surface area contributed by atoms with Gasteiger partial charge in [-0.3, -0.25) is 0 Å². The Kier molecular flexibility index (Phi) is 7.42. The van der Waals surface area contributed by atoms with Crippen LogP contribution in [0, 0.1) is 0 Å². The van der Waals surface area contributed by atoms with Gasteiger partial charge in [0.15, 0.2) is 0 Å². The molecule has 0 aliphatic heterocycles. The minimum atomic E-state index is -0.0934. The zero-order valence-corrected chi connectivity index (χ0v) is 11.1. The Bertz CT molecular complexity index is 333. The average Bonchev–Trinajstić information content (AvgIpc) is 2.34. The van der Waals surface area contributed by atoms with Gasteiger partial charge in [0.2, 0.25) is 0 Å². The second-order valence-corrected chi connectivity index (χ2v) is 3.55. The van der Waals surface area contributed by atoms with Crippen LogP contribution in [-0.4, -0.2) is 14.2 Å². The molecule has 0 saturated carbocycles. The molecular weight excluding hydrogens is 238 g/mol. The Morgan fingerprint density at radius 3 is 2.24 bits per heavy atom. The fourth-order valence-corrected chi connectivity index (χ4v) is 1.69. The van der Waals surface area contributed by atoms with Crippen LogP contribution in [0.1, 0.15) is 24.4 Å². The summed E-state index contributed by atoms with van der Waals surface area (Å²) < 4.78 is 10.6. The van der Waals surface area contributed by atoms with Crippen molar-refractivity contribution in [1.29, 1.82) is 0 Å². The molecule has 0 bridgehead atoms. The van der Waals surface area contributed by atoms with Crippen molar-refractivity contribution in [2.24, 2.45) is 5.73 Å². The molecule has 0 aliphatic carbocycles. The Morgan fingerprint density at radius 2 is 1.82 bits per heavy atom. The van der Waals surface area contributed by atoms with Crippen LogP contribution in [0.4, 0.5) is 0 Å². The second-order valence-electron chi connectivity index (χ2n) is 3.55. The van der Waals surface area contributed by atoms with E-state index >= 15 is 0 Å². The lowest BCUT2D eigenvalue weighted by molar-refractivity contribution is 0.377. The summed E-state index contributed by atoms with van der Waals surface area (Å²) >= 11 is 0. The highest BCUT2D eigenvalue weighted by atomic mass is 35.5. The van der Waals surface area contributed by atoms with Crippen LogP contribution in [0.2, 0.25) is 0 Å². The number of hydrogen-bond acceptors (Lipinski definition) is 3. The van der Waals surface area contributed by atoms with Crippen molar-refractivity contribution < 1.29 is 9.47 Å². The van der Waals surface area contributed by atoms with Crippen molar-refractivity contribution in [3.05, 3.63) is 36.4 Å². The lowest BCUT2D eigenvalue weighted by Gasteiger charge is -2.18. The van der Waals surface area contributed by atoms with E-state index < -0.39 is 0 Å². The first-order valence-corrected chi connectivity index (χ1v) is 5.32. The fraction of sp³-hybridized carbons (Fsp3) is 0.385. The standard InChI is InChI=1S/C13H19NO2.ClH/c1-4-5-7-10(14)13-11(15-2)8-6-9-12(13)16-3;/h4,6,8-10H,1,5,7,14H2,2-3H3;1H/t10-;/m1./s1. The third-order valence-corrected chi connectivity index (χ3v) is 2.52. The molecule has 1 aromatic carbocycles. The number of ether oxygens (including phenoxy) is 2. The lowest BCUT2D eigenvalue weighted by atomic mass is 10.0. The molecule has 96 valence electrons. The summed E-state index contributed by atoms with van der Waals surface area (Å²) in [5.41, 5.74) is 7.05. The first-order valence-electron chi connectivity index (χ1n) is 5.32. The van der Waals surface area contributed by atoms with Gasteiger partial charge < -0.3 is 15.2 Å². The maximum absolute atomic E-state index is 6.13. The van der Waals surface area contributed by atoms with Crippen LogP contribution in [0.25, 0.3) is 0 Å². The first kappa shape index (κ1) is 15.8. The van der Waals surface area contributed by atoms with Gasteiger partial charge in [-0.15, -0.1) is 19.0 Å². The summed E-state index contributed by atoms with van der Waals surface area (Å²) in [4.78, 5) is 0. The largest absolute Gasteiger partial charge is 0.496 e. The summed E-state index contributed by atoms with van der Waals surface area (Å²) in [5, 5.41) is 0. The smallest absolute Gasteiger partial charge is 0.127 e. The number of nitrogens with two attached hydrogens (primary N) is 1. The maximum atomic E-state index is 6.13. The topological polar surface area (TPSA) is 44.5 Å². The average molecular weight is 258 g/mol. The Balaban J connectivity index is 0.00000256. The van der Waals surface area contributed by atoms with Gasteiger partial charge in [0.1, 0.15) is 11.5 Å². The van der Waals surface area contributed by atoms with Gasteiger partial charge in [-0.2, -0.15) is 0 Å². The normalized spacial score (nSPS) is 11.2. The molecule has 0 heterocycles. The zero-order valence-electron chi connectivity index (χ0n) is 10.3. The third-order valence-electron chi connectivity index (χ3n) is 2.52. The van der Waals surface area contributed by atoms with E-state index in [1.807, 2.05) is 24.3 Å². The molecule has 0 aromatic heterocycles. The predicted octanol–water partition coefficient (Wildman–Crippen LogP) is 3.09. The van der Waals surface area contributed by atoms with E-state index in [0.29, 0.717) is 0 Å². The van der Waals surface area contributed by atoms with Crippen LogP contribution in [0.15, 0.2) is 30.9 Å². The van der Waals surface area contributed by atoms with Crippen molar-refractivity contribution in [3.8, 4) is 11.5 Å². The van der Waals surface area contributed by atoms with Gasteiger partial charge in [-0.1, -0.05) is 12.1 Å². The van der Waals surface area contributed by atoms with E-state index in [1.54, 1.807) is 14.2 Å². The molecule has 4 heteroatoms. The highest BCUT2D eigenvalue weighted by Gasteiger charge is 2.16. The van der Waals surface area contributed by atoms with E-state index in [1.165, 1.54) is 0 Å². The maximum Gasteiger partial charge on any atom is 0.127 e. The van der Waals surface area contributed by atoms with Gasteiger partial charge in [0.05, 0.1) is 19.8 Å². The summed E-state index contributed by atoms with van der Waals surface area (Å²) in [5.74, 6) is 1.55. The number of halogens is 1. The van der Waals surface area contributed by atoms with Crippen LogP contribution >= 0.6 is 12.4 Å². The van der Waals surface area contributed by atoms with Crippen molar-refractivity contribution >= 4 is 12.4 Å². The molecule has 2 N–H and O–H groups in total. The molecule has 1 atom stereocenters. The van der Waals surface area contributed by atoms with Crippen LogP contribution in [0.5, 0.6) is 11.5 Å². The fourth-order valence-electron chi connectivity index (χ4n) is 1.69. The Labute approximate surface area is 109 Å². The Hall–Kier alpha value is -1.19. The molecule has 0 amide bonds. The van der Waals surface area contributed by atoms with Crippen LogP contribution < -0.4 is 15.2 Å². The molecular formula is C13H20ClNO2. The summed E-state index contributed by atoms with van der Waals surface area (Å²) in [7, 11) is 3.27. The summed E-state index contributed by atoms with van der Waals surface area (Å²) in [6.45, 7) is 3.69. The predicted molar refractivity (Wildman–Crippen MR) is 73.2 cm³/mol. The van der Waals surface area contributed by atoms with Crippen LogP contribution in [-0.2, 0) is 0 Å². The number of hydrogen-bond donors (Lipinski definition) is 1. The first-order chi connectivity index (χ1) is 7.74. The molecule has 3 nitrogen and oxygen atoms in total. The number of rotatable bonds is 6. The molecule has 0 spiro atoms. The summed E-state index contributed by atoms with van der Waals surface area (Å²) in [6.07, 6.45) is 3.57. The second kappa shape index (κ2) is 7.98. The molecule has 0 radical (unpaired) electrons. The van der Waals surface area contributed by atoms with E-state index in [9.17, 15) is 0 Å². The van der Waals surface area contributed by atoms with Crippen molar-refractivity contribution in [2.75, 3.05) is 14.2 Å². The molecule has 1 aromatic rings. The molecule has 1 rings (SSSR count). The minimum absolute atomic E-state index is 0. The van der Waals surface area contributed by atoms with Gasteiger partial charge in [-0.05, 0) is 25.0 Å². The SMILES string of the molecule is C=CCC[C@@H](N)c1c(OC)cccc1OC.Cl. The lowest BCUT2D eigenvalue weighted by Crippen LogP contribution is -2.12. The molecule has 17 heavy (non-hydrogen) atoms. The van der Waals surface area contributed by atoms with E-state index in [4.69, 9.17) is 15.2 Å². The van der Waals surface area contributed by atoms with E-state index in [0.717, 1.165) is 29.9 Å². The van der Waals surface area contributed by atoms with Gasteiger partial charge in [-0.25, -0.2) is 0 Å². The van der Waals surface area contributed by atoms with Crippen molar-refractivity contribution in [1.82, 2.24) is 0 Å². The van der Waals surface area contributed by atoms with Gasteiger partial charge in [0, 0.05) is 6.04 Å². The van der Waals surface area contributed by atoms with Crippen molar-refractivity contribution in [3.63, 3.8) is 0 Å². The van der Waals surface area contributed by atoms with Gasteiger partial charge in [0.25, 0.3) is 0 Å². The zero-order chi connectivity index (χ0) is 12.0. The quantitative estimate of drug-likeness (QED) is 0.797. The highest BCUT2D eigenvalue weighted by Crippen LogP contribution is 2.34. The molecule has 0 saturated heterocycles. The van der Waals surface area contributed by atoms with E-state index in [2.05, 4.69) is 6.58 Å².